The monoisotopic (exact) mass is 250 g/mol. The second kappa shape index (κ2) is 5.39. The third-order valence-electron chi connectivity index (χ3n) is 2.62. The predicted molar refractivity (Wildman–Crippen MR) is 63.1 cm³/mol. The minimum absolute atomic E-state index is 0.0767. The van der Waals surface area contributed by atoms with E-state index in [4.69, 9.17) is 4.74 Å². The maximum atomic E-state index is 11.7. The van der Waals surface area contributed by atoms with Gasteiger partial charge in [-0.3, -0.25) is 4.79 Å². The van der Waals surface area contributed by atoms with E-state index in [9.17, 15) is 9.59 Å². The van der Waals surface area contributed by atoms with Gasteiger partial charge >= 0.3 is 6.09 Å². The molecule has 2 rings (SSSR count). The molecule has 1 saturated heterocycles. The summed E-state index contributed by atoms with van der Waals surface area (Å²) in [6, 6.07) is 6.77. The van der Waals surface area contributed by atoms with Crippen LogP contribution in [-0.2, 0) is 16.1 Å². The van der Waals surface area contributed by atoms with Crippen molar-refractivity contribution in [3.63, 3.8) is 0 Å². The number of hydrogen-bond acceptors (Lipinski definition) is 4. The molecular weight excluding hydrogens is 236 g/mol. The number of ether oxygens (including phenoxy) is 2. The summed E-state index contributed by atoms with van der Waals surface area (Å²) in [7, 11) is 1.60. The normalized spacial score (nSPS) is 17.8. The summed E-state index contributed by atoms with van der Waals surface area (Å²) in [5, 5.41) is 5.14. The molecule has 1 heterocycles. The molecule has 0 saturated carbocycles. The summed E-state index contributed by atoms with van der Waals surface area (Å²) in [5.74, 6) is 0.512. The van der Waals surface area contributed by atoms with E-state index in [1.54, 1.807) is 7.11 Å². The molecule has 0 bridgehead atoms. The first-order valence-corrected chi connectivity index (χ1v) is 5.53. The van der Waals surface area contributed by atoms with Gasteiger partial charge in [0.1, 0.15) is 18.4 Å². The molecule has 96 valence electrons. The molecule has 1 aromatic carbocycles. The molecule has 6 heteroatoms. The molecular formula is C12H14N2O4. The first-order chi connectivity index (χ1) is 8.69. The van der Waals surface area contributed by atoms with Gasteiger partial charge in [-0.25, -0.2) is 4.79 Å². The van der Waals surface area contributed by atoms with Crippen molar-refractivity contribution < 1.29 is 19.1 Å². The average molecular weight is 250 g/mol. The zero-order chi connectivity index (χ0) is 13.0. The summed E-state index contributed by atoms with van der Waals surface area (Å²) < 4.78 is 9.68. The van der Waals surface area contributed by atoms with Crippen molar-refractivity contribution in [2.45, 2.75) is 12.6 Å². The highest BCUT2D eigenvalue weighted by Crippen LogP contribution is 2.11. The first kappa shape index (κ1) is 12.2. The number of amides is 2. The van der Waals surface area contributed by atoms with E-state index in [-0.39, 0.29) is 12.5 Å². The average Bonchev–Trinajstić information content (AvgIpc) is 2.83. The Morgan fingerprint density at radius 1 is 1.50 bits per heavy atom. The highest BCUT2D eigenvalue weighted by atomic mass is 16.6. The molecule has 18 heavy (non-hydrogen) atoms. The Morgan fingerprint density at radius 3 is 2.78 bits per heavy atom. The van der Waals surface area contributed by atoms with Crippen molar-refractivity contribution in [1.82, 2.24) is 10.6 Å². The number of carbonyl (C=O) groups is 2. The molecule has 2 N–H and O–H groups in total. The predicted octanol–water partition coefficient (Wildman–Crippen LogP) is 0.420. The minimum Gasteiger partial charge on any atom is -0.497 e. The third-order valence-corrected chi connectivity index (χ3v) is 2.62. The van der Waals surface area contributed by atoms with E-state index < -0.39 is 12.1 Å². The van der Waals surface area contributed by atoms with Gasteiger partial charge in [0, 0.05) is 6.54 Å². The van der Waals surface area contributed by atoms with Crippen LogP contribution < -0.4 is 15.4 Å². The van der Waals surface area contributed by atoms with Gasteiger partial charge in [-0.2, -0.15) is 0 Å². The van der Waals surface area contributed by atoms with Crippen LogP contribution in [0.1, 0.15) is 5.56 Å². The second-order valence-corrected chi connectivity index (χ2v) is 3.86. The molecule has 0 aliphatic carbocycles. The number of cyclic esters (lactones) is 1. The molecule has 1 aromatic rings. The summed E-state index contributed by atoms with van der Waals surface area (Å²) >= 11 is 0. The zero-order valence-electron chi connectivity index (χ0n) is 9.93. The number of methoxy groups -OCH3 is 1. The summed E-state index contributed by atoms with van der Waals surface area (Å²) in [6.45, 7) is 0.475. The van der Waals surface area contributed by atoms with Crippen LogP contribution in [0.15, 0.2) is 24.3 Å². The smallest absolute Gasteiger partial charge is 0.407 e. The molecule has 1 atom stereocenters. The SMILES string of the molecule is COc1ccc(CNC(=O)C2COC(=O)N2)cc1. The van der Waals surface area contributed by atoms with Crippen LogP contribution in [0.25, 0.3) is 0 Å². The van der Waals surface area contributed by atoms with Crippen LogP contribution in [0.2, 0.25) is 0 Å². The molecule has 0 aromatic heterocycles. The van der Waals surface area contributed by atoms with Crippen molar-refractivity contribution in [3.05, 3.63) is 29.8 Å². The van der Waals surface area contributed by atoms with E-state index in [1.807, 2.05) is 24.3 Å². The number of carbonyl (C=O) groups excluding carboxylic acids is 2. The Bertz CT molecular complexity index is 444. The Hall–Kier alpha value is -2.24. The second-order valence-electron chi connectivity index (χ2n) is 3.86. The van der Waals surface area contributed by atoms with Crippen LogP contribution in [0.4, 0.5) is 4.79 Å². The Kier molecular flexibility index (Phi) is 3.66. The molecule has 2 amide bonds. The van der Waals surface area contributed by atoms with Gasteiger partial charge in [-0.15, -0.1) is 0 Å². The van der Waals surface area contributed by atoms with Crippen LogP contribution in [0.5, 0.6) is 5.75 Å². The van der Waals surface area contributed by atoms with Gasteiger partial charge in [0.25, 0.3) is 0 Å². The number of hydrogen-bond donors (Lipinski definition) is 2. The summed E-state index contributed by atoms with van der Waals surface area (Å²) in [5.41, 5.74) is 0.953. The van der Waals surface area contributed by atoms with Gasteiger partial charge < -0.3 is 20.1 Å². The topological polar surface area (TPSA) is 76.7 Å². The molecule has 1 aliphatic rings. The zero-order valence-corrected chi connectivity index (χ0v) is 9.93. The Labute approximate surface area is 104 Å². The van der Waals surface area contributed by atoms with Gasteiger partial charge in [0.2, 0.25) is 5.91 Å². The van der Waals surface area contributed by atoms with Crippen molar-refractivity contribution in [2.75, 3.05) is 13.7 Å². The largest absolute Gasteiger partial charge is 0.497 e. The lowest BCUT2D eigenvalue weighted by Gasteiger charge is -2.09. The van der Waals surface area contributed by atoms with E-state index in [1.165, 1.54) is 0 Å². The van der Waals surface area contributed by atoms with Crippen LogP contribution >= 0.6 is 0 Å². The van der Waals surface area contributed by atoms with E-state index in [2.05, 4.69) is 15.4 Å². The van der Waals surface area contributed by atoms with Gasteiger partial charge in [0.05, 0.1) is 7.11 Å². The third kappa shape index (κ3) is 2.91. The molecule has 0 spiro atoms. The maximum Gasteiger partial charge on any atom is 0.407 e. The van der Waals surface area contributed by atoms with Gasteiger partial charge in [-0.1, -0.05) is 12.1 Å². The van der Waals surface area contributed by atoms with Crippen LogP contribution in [-0.4, -0.2) is 31.8 Å². The maximum absolute atomic E-state index is 11.7. The number of rotatable bonds is 4. The lowest BCUT2D eigenvalue weighted by Crippen LogP contribution is -2.42. The Balaban J connectivity index is 1.83. The fourth-order valence-corrected chi connectivity index (χ4v) is 1.58. The molecule has 1 unspecified atom stereocenters. The number of alkyl carbamates (subject to hydrolysis) is 1. The minimum atomic E-state index is -0.601. The fourth-order valence-electron chi connectivity index (χ4n) is 1.58. The molecule has 6 nitrogen and oxygen atoms in total. The number of benzene rings is 1. The lowest BCUT2D eigenvalue weighted by atomic mass is 10.2. The van der Waals surface area contributed by atoms with E-state index in [0.717, 1.165) is 11.3 Å². The lowest BCUT2D eigenvalue weighted by molar-refractivity contribution is -0.122. The summed E-state index contributed by atoms with van der Waals surface area (Å²) in [6.07, 6.45) is -0.556. The van der Waals surface area contributed by atoms with Crippen molar-refractivity contribution in [3.8, 4) is 5.75 Å². The Morgan fingerprint density at radius 2 is 2.22 bits per heavy atom. The van der Waals surface area contributed by atoms with Crippen LogP contribution in [0.3, 0.4) is 0 Å². The van der Waals surface area contributed by atoms with E-state index >= 15 is 0 Å². The molecule has 1 aliphatic heterocycles. The van der Waals surface area contributed by atoms with Crippen molar-refractivity contribution in [2.24, 2.45) is 0 Å². The van der Waals surface area contributed by atoms with Gasteiger partial charge in [-0.05, 0) is 17.7 Å². The van der Waals surface area contributed by atoms with Crippen LogP contribution in [0, 0.1) is 0 Å². The summed E-state index contributed by atoms with van der Waals surface area (Å²) in [4.78, 5) is 22.4. The standard InChI is InChI=1S/C12H14N2O4/c1-17-9-4-2-8(3-5-9)6-13-11(15)10-7-18-12(16)14-10/h2-5,10H,6-7H2,1H3,(H,13,15)(H,14,16). The molecule has 1 fully saturated rings. The van der Waals surface area contributed by atoms with Gasteiger partial charge in [0.15, 0.2) is 0 Å². The molecule has 0 radical (unpaired) electrons. The number of nitrogens with one attached hydrogen (secondary N) is 2. The van der Waals surface area contributed by atoms with E-state index in [0.29, 0.717) is 6.54 Å². The highest BCUT2D eigenvalue weighted by molar-refractivity contribution is 5.87. The first-order valence-electron chi connectivity index (χ1n) is 5.53. The quantitative estimate of drug-likeness (QED) is 0.812. The van der Waals surface area contributed by atoms with Crippen molar-refractivity contribution >= 4 is 12.0 Å². The fraction of sp³-hybridized carbons (Fsp3) is 0.333. The van der Waals surface area contributed by atoms with Crippen molar-refractivity contribution in [1.29, 1.82) is 0 Å². The highest BCUT2D eigenvalue weighted by Gasteiger charge is 2.28.